The smallest absolute Gasteiger partial charge is 0.243 e. The summed E-state index contributed by atoms with van der Waals surface area (Å²) in [5, 5.41) is 3.62. The number of likely N-dealkylation sites (tertiary alicyclic amines) is 1. The van der Waals surface area contributed by atoms with Crippen LogP contribution in [0.2, 0.25) is 0 Å². The van der Waals surface area contributed by atoms with Gasteiger partial charge in [-0.1, -0.05) is 25.7 Å². The lowest BCUT2D eigenvalue weighted by molar-refractivity contribution is -0.127. The van der Waals surface area contributed by atoms with Gasteiger partial charge in [-0.15, -0.1) is 0 Å². The highest BCUT2D eigenvalue weighted by atomic mass is 16.2. The molecule has 24 heavy (non-hydrogen) atoms. The first-order valence-electron chi connectivity index (χ1n) is 9.81. The van der Waals surface area contributed by atoms with E-state index in [-0.39, 0.29) is 12.5 Å². The van der Waals surface area contributed by atoms with Crippen molar-refractivity contribution < 1.29 is 4.79 Å². The van der Waals surface area contributed by atoms with Gasteiger partial charge in [0.1, 0.15) is 6.54 Å². The van der Waals surface area contributed by atoms with Crippen LogP contribution in [0.4, 0.5) is 0 Å². The highest BCUT2D eigenvalue weighted by Gasteiger charge is 2.43. The first kappa shape index (κ1) is 17.6. The van der Waals surface area contributed by atoms with Crippen LogP contribution in [0.5, 0.6) is 0 Å². The van der Waals surface area contributed by atoms with E-state index in [1.807, 2.05) is 0 Å². The Morgan fingerprint density at radius 1 is 1.17 bits per heavy atom. The lowest BCUT2D eigenvalue weighted by atomic mass is 9.68. The molecule has 5 heteroatoms. The molecule has 1 N–H and O–H groups in total. The number of amides is 1. The molecule has 3 fully saturated rings. The number of carbonyl (C=O) groups is 1. The van der Waals surface area contributed by atoms with Crippen LogP contribution in [-0.4, -0.2) is 61.9 Å². The molecule has 0 unspecified atom stereocenters. The van der Waals surface area contributed by atoms with Crippen LogP contribution in [0.1, 0.15) is 57.8 Å². The summed E-state index contributed by atoms with van der Waals surface area (Å²) in [6.07, 6.45) is 12.2. The van der Waals surface area contributed by atoms with Crippen LogP contribution in [0.3, 0.4) is 0 Å². The predicted molar refractivity (Wildman–Crippen MR) is 98.0 cm³/mol. The van der Waals surface area contributed by atoms with Crippen molar-refractivity contribution in [3.63, 3.8) is 0 Å². The lowest BCUT2D eigenvalue weighted by Crippen LogP contribution is -2.44. The zero-order chi connectivity index (χ0) is 17.0. The van der Waals surface area contributed by atoms with Gasteiger partial charge in [0, 0.05) is 33.7 Å². The normalized spacial score (nSPS) is 24.1. The molecule has 0 aromatic heterocycles. The van der Waals surface area contributed by atoms with E-state index in [1.165, 1.54) is 57.8 Å². The number of nitrogens with one attached hydrogen (secondary N) is 1. The van der Waals surface area contributed by atoms with E-state index < -0.39 is 0 Å². The minimum atomic E-state index is 0.0736. The first-order chi connectivity index (χ1) is 11.6. The minimum absolute atomic E-state index is 0.0736. The van der Waals surface area contributed by atoms with Crippen molar-refractivity contribution >= 4 is 11.9 Å². The molecule has 5 nitrogen and oxygen atoms in total. The van der Waals surface area contributed by atoms with Crippen molar-refractivity contribution in [2.75, 3.05) is 40.3 Å². The van der Waals surface area contributed by atoms with Gasteiger partial charge in [-0.3, -0.25) is 4.79 Å². The summed E-state index contributed by atoms with van der Waals surface area (Å²) < 4.78 is 0. The molecule has 3 rings (SSSR count). The summed E-state index contributed by atoms with van der Waals surface area (Å²) in [4.78, 5) is 20.6. The largest absolute Gasteiger partial charge is 0.356 e. The fourth-order valence-corrected chi connectivity index (χ4v) is 4.38. The molecule has 2 saturated carbocycles. The maximum atomic E-state index is 11.9. The van der Waals surface area contributed by atoms with Gasteiger partial charge >= 0.3 is 0 Å². The van der Waals surface area contributed by atoms with Crippen molar-refractivity contribution in [2.45, 2.75) is 57.8 Å². The third-order valence-corrected chi connectivity index (χ3v) is 6.29. The van der Waals surface area contributed by atoms with Crippen LogP contribution in [0.15, 0.2) is 4.99 Å². The van der Waals surface area contributed by atoms with E-state index >= 15 is 0 Å². The zero-order valence-corrected chi connectivity index (χ0v) is 15.5. The molecule has 2 aliphatic carbocycles. The minimum Gasteiger partial charge on any atom is -0.356 e. The molecule has 0 aromatic carbocycles. The molecule has 0 radical (unpaired) electrons. The monoisotopic (exact) mass is 334 g/mol. The Hall–Kier alpha value is -1.26. The average Bonchev–Trinajstić information content (AvgIpc) is 3.01. The molecule has 3 aliphatic rings. The maximum Gasteiger partial charge on any atom is 0.243 e. The second-order valence-electron chi connectivity index (χ2n) is 8.34. The van der Waals surface area contributed by atoms with Gasteiger partial charge in [0.25, 0.3) is 0 Å². The number of likely N-dealkylation sites (N-methyl/N-ethyl adjacent to an activating group) is 1. The van der Waals surface area contributed by atoms with E-state index in [4.69, 9.17) is 0 Å². The Labute approximate surface area is 146 Å². The molecule has 1 amide bonds. The molecule has 0 bridgehead atoms. The Morgan fingerprint density at radius 3 is 2.50 bits per heavy atom. The van der Waals surface area contributed by atoms with Crippen molar-refractivity contribution in [3.05, 3.63) is 0 Å². The van der Waals surface area contributed by atoms with Gasteiger partial charge in [0.05, 0.1) is 0 Å². The fourth-order valence-electron chi connectivity index (χ4n) is 4.38. The predicted octanol–water partition coefficient (Wildman–Crippen LogP) is 2.48. The van der Waals surface area contributed by atoms with Crippen molar-refractivity contribution in [3.8, 4) is 0 Å². The Bertz CT molecular complexity index is 464. The van der Waals surface area contributed by atoms with Crippen LogP contribution < -0.4 is 5.32 Å². The summed E-state index contributed by atoms with van der Waals surface area (Å²) in [6.45, 7) is 3.48. The topological polar surface area (TPSA) is 47.9 Å². The second-order valence-corrected chi connectivity index (χ2v) is 8.34. The van der Waals surface area contributed by atoms with Gasteiger partial charge in [0.2, 0.25) is 5.91 Å². The highest BCUT2D eigenvalue weighted by molar-refractivity contribution is 5.85. The second kappa shape index (κ2) is 7.75. The summed E-state index contributed by atoms with van der Waals surface area (Å²) in [7, 11) is 3.60. The summed E-state index contributed by atoms with van der Waals surface area (Å²) in [5.41, 5.74) is 0.554. The van der Waals surface area contributed by atoms with E-state index in [9.17, 15) is 4.79 Å². The number of nitrogens with zero attached hydrogens (tertiary/aromatic N) is 3. The standard InChI is InChI=1S/C19H34N4O/c1-22(2)17(24)14-21-18(20-13-16-7-4-3-5-8-16)23-12-11-19(15-23)9-6-10-19/h16H,3-15H2,1-2H3,(H,20,21). The Kier molecular flexibility index (Phi) is 5.67. The number of rotatable bonds is 4. The molecule has 1 spiro atoms. The SMILES string of the molecule is CN(C)C(=O)CN=C(NCC1CCCCC1)N1CCC2(CCC2)C1. The molecular weight excluding hydrogens is 300 g/mol. The molecule has 1 saturated heterocycles. The number of aliphatic imine (C=N–C) groups is 1. The van der Waals surface area contributed by atoms with Crippen LogP contribution in [-0.2, 0) is 4.79 Å². The van der Waals surface area contributed by atoms with Gasteiger partial charge < -0.3 is 15.1 Å². The average molecular weight is 335 g/mol. The maximum absolute atomic E-state index is 11.9. The number of hydrogen-bond acceptors (Lipinski definition) is 2. The third kappa shape index (κ3) is 4.22. The number of hydrogen-bond donors (Lipinski definition) is 1. The number of carbonyl (C=O) groups excluding carboxylic acids is 1. The summed E-state index contributed by atoms with van der Waals surface area (Å²) >= 11 is 0. The number of guanidine groups is 1. The highest BCUT2D eigenvalue weighted by Crippen LogP contribution is 2.47. The van der Waals surface area contributed by atoms with Crippen LogP contribution in [0.25, 0.3) is 0 Å². The molecule has 0 aromatic rings. The summed E-state index contributed by atoms with van der Waals surface area (Å²) in [6, 6.07) is 0. The summed E-state index contributed by atoms with van der Waals surface area (Å²) in [5.74, 6) is 1.82. The molecule has 1 aliphatic heterocycles. The first-order valence-corrected chi connectivity index (χ1v) is 9.81. The lowest BCUT2D eigenvalue weighted by Gasteiger charge is -2.38. The van der Waals surface area contributed by atoms with Gasteiger partial charge in [-0.25, -0.2) is 4.99 Å². The fraction of sp³-hybridized carbons (Fsp3) is 0.895. The van der Waals surface area contributed by atoms with E-state index in [2.05, 4.69) is 15.2 Å². The molecule has 0 atom stereocenters. The van der Waals surface area contributed by atoms with Crippen LogP contribution >= 0.6 is 0 Å². The quantitative estimate of drug-likeness (QED) is 0.635. The van der Waals surface area contributed by atoms with Gasteiger partial charge in [-0.2, -0.15) is 0 Å². The van der Waals surface area contributed by atoms with Crippen molar-refractivity contribution in [2.24, 2.45) is 16.3 Å². The Morgan fingerprint density at radius 2 is 1.92 bits per heavy atom. The van der Waals surface area contributed by atoms with Gasteiger partial charge in [0.15, 0.2) is 5.96 Å². The van der Waals surface area contributed by atoms with E-state index in [1.54, 1.807) is 19.0 Å². The van der Waals surface area contributed by atoms with Crippen LogP contribution in [0, 0.1) is 11.3 Å². The van der Waals surface area contributed by atoms with Gasteiger partial charge in [-0.05, 0) is 43.4 Å². The van der Waals surface area contributed by atoms with E-state index in [0.717, 1.165) is 31.5 Å². The third-order valence-electron chi connectivity index (χ3n) is 6.29. The van der Waals surface area contributed by atoms with Crippen molar-refractivity contribution in [1.29, 1.82) is 0 Å². The molecule has 1 heterocycles. The molecular formula is C19H34N4O. The van der Waals surface area contributed by atoms with E-state index in [0.29, 0.717) is 5.41 Å². The zero-order valence-electron chi connectivity index (χ0n) is 15.5. The molecule has 136 valence electrons. The Balaban J connectivity index is 1.59. The van der Waals surface area contributed by atoms with Crippen molar-refractivity contribution in [1.82, 2.24) is 15.1 Å².